The first-order valence-corrected chi connectivity index (χ1v) is 22.6. The molecule has 0 aliphatic carbocycles. The maximum Gasteiger partial charge on any atom is 0.179 e. The van der Waals surface area contributed by atoms with E-state index in [4.69, 9.17) is 4.42 Å². The smallest absolute Gasteiger partial charge is 0.179 e. The van der Waals surface area contributed by atoms with Crippen molar-refractivity contribution in [1.29, 1.82) is 0 Å². The second-order valence-electron chi connectivity index (χ2n) is 14.9. The van der Waals surface area contributed by atoms with Gasteiger partial charge in [0.1, 0.15) is 11.2 Å². The molecule has 11 aromatic rings. The van der Waals surface area contributed by atoms with Crippen molar-refractivity contribution in [3.05, 3.63) is 224 Å². The van der Waals surface area contributed by atoms with Gasteiger partial charge in [0.2, 0.25) is 0 Å². The first-order chi connectivity index (χ1) is 28.7. The van der Waals surface area contributed by atoms with Gasteiger partial charge in [0.05, 0.1) is 0 Å². The van der Waals surface area contributed by atoms with E-state index in [-0.39, 0.29) is 0 Å². The predicted octanol–water partition coefficient (Wildman–Crippen LogP) is 12.5. The van der Waals surface area contributed by atoms with E-state index in [1.165, 1.54) is 52.0 Å². The monoisotopic (exact) mass is 775 g/mol. The average molecular weight is 776 g/mol. The van der Waals surface area contributed by atoms with Gasteiger partial charge in [0.15, 0.2) is 8.07 Å². The number of anilines is 3. The molecule has 4 heteroatoms. The first kappa shape index (κ1) is 34.3. The Morgan fingerprint density at radius 3 is 1.53 bits per heavy atom. The van der Waals surface area contributed by atoms with Crippen LogP contribution >= 0.6 is 11.3 Å². The van der Waals surface area contributed by atoms with E-state index in [1.807, 2.05) is 17.4 Å². The van der Waals surface area contributed by atoms with Crippen LogP contribution in [0.15, 0.2) is 229 Å². The van der Waals surface area contributed by atoms with Crippen LogP contribution in [0.5, 0.6) is 0 Å². The number of fused-ring (bicyclic) bond motifs is 6. The van der Waals surface area contributed by atoms with E-state index in [9.17, 15) is 0 Å². The summed E-state index contributed by atoms with van der Waals surface area (Å²) in [6.45, 7) is 0. The number of para-hydroxylation sites is 1. The van der Waals surface area contributed by atoms with E-state index in [1.54, 1.807) is 0 Å². The standard InChI is InChI=1S/C54H37NOSSi/c1-5-16-38(17-6-1)39-28-32-53-49(34-39)50-36-41(30-33-54(50)57-53)55(42-29-31-48-47-26-13-14-27-51(47)56-52(48)37-42)40-18-15-25-46(35-40)58(43-19-7-2-8-20-43,44-21-9-3-10-22-44)45-23-11-4-12-24-45/h1-37H. The molecule has 0 aliphatic heterocycles. The fraction of sp³-hybridized carbons (Fsp3) is 0. The molecule has 0 spiro atoms. The number of nitrogens with zero attached hydrogens (tertiary/aromatic N) is 1. The molecule has 0 saturated carbocycles. The molecule has 2 aromatic heterocycles. The second-order valence-corrected chi connectivity index (χ2v) is 19.8. The van der Waals surface area contributed by atoms with Crippen molar-refractivity contribution in [3.63, 3.8) is 0 Å². The van der Waals surface area contributed by atoms with Crippen LogP contribution in [-0.4, -0.2) is 8.07 Å². The van der Waals surface area contributed by atoms with E-state index in [2.05, 4.69) is 223 Å². The molecular weight excluding hydrogens is 739 g/mol. The highest BCUT2D eigenvalue weighted by Gasteiger charge is 2.41. The van der Waals surface area contributed by atoms with Crippen LogP contribution in [0.3, 0.4) is 0 Å². The maximum atomic E-state index is 6.52. The van der Waals surface area contributed by atoms with Crippen LogP contribution in [-0.2, 0) is 0 Å². The molecule has 274 valence electrons. The maximum absolute atomic E-state index is 6.52. The molecule has 2 heterocycles. The minimum Gasteiger partial charge on any atom is -0.456 e. The van der Waals surface area contributed by atoms with Gasteiger partial charge in [-0.3, -0.25) is 0 Å². The van der Waals surface area contributed by atoms with Crippen LogP contribution in [0, 0.1) is 0 Å². The lowest BCUT2D eigenvalue weighted by Gasteiger charge is -2.35. The number of thiophene rings is 1. The van der Waals surface area contributed by atoms with Crippen LogP contribution in [0.2, 0.25) is 0 Å². The molecule has 0 amide bonds. The minimum atomic E-state index is -2.80. The molecule has 0 radical (unpaired) electrons. The number of hydrogen-bond donors (Lipinski definition) is 0. The fourth-order valence-corrected chi connectivity index (χ4v) is 14.8. The Morgan fingerprint density at radius 1 is 0.328 bits per heavy atom. The van der Waals surface area contributed by atoms with Crippen molar-refractivity contribution in [2.45, 2.75) is 0 Å². The van der Waals surface area contributed by atoms with E-state index in [0.29, 0.717) is 0 Å². The zero-order valence-corrected chi connectivity index (χ0v) is 33.4. The molecule has 0 N–H and O–H groups in total. The van der Waals surface area contributed by atoms with Crippen molar-refractivity contribution in [2.24, 2.45) is 0 Å². The molecule has 0 fully saturated rings. The highest BCUT2D eigenvalue weighted by molar-refractivity contribution is 7.25. The van der Waals surface area contributed by atoms with Gasteiger partial charge in [-0.05, 0) is 92.5 Å². The van der Waals surface area contributed by atoms with Crippen LogP contribution in [0.25, 0.3) is 53.2 Å². The Kier molecular flexibility index (Phi) is 8.39. The Balaban J connectivity index is 1.16. The zero-order valence-electron chi connectivity index (χ0n) is 31.6. The van der Waals surface area contributed by atoms with Crippen LogP contribution < -0.4 is 25.6 Å². The molecular formula is C54H37NOSSi. The van der Waals surface area contributed by atoms with Gasteiger partial charge in [-0.1, -0.05) is 158 Å². The summed E-state index contributed by atoms with van der Waals surface area (Å²) >= 11 is 1.85. The number of benzene rings is 9. The summed E-state index contributed by atoms with van der Waals surface area (Å²) < 4.78 is 9.08. The zero-order chi connectivity index (χ0) is 38.5. The van der Waals surface area contributed by atoms with E-state index in [0.717, 1.165) is 39.0 Å². The third-order valence-corrected chi connectivity index (χ3v) is 17.5. The molecule has 0 saturated heterocycles. The topological polar surface area (TPSA) is 16.4 Å². The SMILES string of the molecule is c1ccc(-c2ccc3sc4ccc(N(c5cccc([Si](c6ccccc6)(c6ccccc6)c6ccccc6)c5)c5ccc6c(c5)oc5ccccc56)cc4c3c2)cc1. The quantitative estimate of drug-likeness (QED) is 0.113. The van der Waals surface area contributed by atoms with Gasteiger partial charge in [-0.2, -0.15) is 0 Å². The number of hydrogen-bond acceptors (Lipinski definition) is 3. The lowest BCUT2D eigenvalue weighted by atomic mass is 10.0. The summed E-state index contributed by atoms with van der Waals surface area (Å²) in [5.41, 5.74) is 7.44. The van der Waals surface area contributed by atoms with Crippen molar-refractivity contribution >= 4 is 99.3 Å². The Bertz CT molecular complexity index is 3130. The molecule has 0 unspecified atom stereocenters. The van der Waals surface area contributed by atoms with Crippen molar-refractivity contribution in [1.82, 2.24) is 0 Å². The third kappa shape index (κ3) is 5.68. The van der Waals surface area contributed by atoms with Gasteiger partial charge in [0, 0.05) is 54.1 Å². The average Bonchev–Trinajstić information content (AvgIpc) is 3.86. The van der Waals surface area contributed by atoms with Crippen molar-refractivity contribution in [2.75, 3.05) is 4.90 Å². The first-order valence-electron chi connectivity index (χ1n) is 19.7. The summed E-state index contributed by atoms with van der Waals surface area (Å²) in [7, 11) is -2.80. The lowest BCUT2D eigenvalue weighted by Crippen LogP contribution is -2.74. The highest BCUT2D eigenvalue weighted by atomic mass is 32.1. The summed E-state index contributed by atoms with van der Waals surface area (Å²) in [6, 6.07) is 82.2. The predicted molar refractivity (Wildman–Crippen MR) is 250 cm³/mol. The Hall–Kier alpha value is -6.98. The van der Waals surface area contributed by atoms with Gasteiger partial charge in [-0.25, -0.2) is 0 Å². The molecule has 0 bridgehead atoms. The molecule has 0 atom stereocenters. The van der Waals surface area contributed by atoms with Crippen LogP contribution in [0.4, 0.5) is 17.1 Å². The third-order valence-electron chi connectivity index (χ3n) is 11.6. The number of furan rings is 1. The number of rotatable bonds is 8. The summed E-state index contributed by atoms with van der Waals surface area (Å²) in [4.78, 5) is 2.42. The van der Waals surface area contributed by atoms with Crippen LogP contribution in [0.1, 0.15) is 0 Å². The van der Waals surface area contributed by atoms with Crippen molar-refractivity contribution < 1.29 is 4.42 Å². The minimum absolute atomic E-state index is 0.871. The summed E-state index contributed by atoms with van der Waals surface area (Å²) in [6.07, 6.45) is 0. The van der Waals surface area contributed by atoms with Gasteiger partial charge < -0.3 is 9.32 Å². The normalized spacial score (nSPS) is 11.8. The molecule has 2 nitrogen and oxygen atoms in total. The van der Waals surface area contributed by atoms with Crippen molar-refractivity contribution in [3.8, 4) is 11.1 Å². The van der Waals surface area contributed by atoms with Gasteiger partial charge in [0.25, 0.3) is 0 Å². The second kappa shape index (κ2) is 14.2. The molecule has 58 heavy (non-hydrogen) atoms. The molecule has 0 aliphatic rings. The largest absolute Gasteiger partial charge is 0.456 e. The molecule has 9 aromatic carbocycles. The van der Waals surface area contributed by atoms with Gasteiger partial charge >= 0.3 is 0 Å². The summed E-state index contributed by atoms with van der Waals surface area (Å²) in [5, 5.41) is 10.1. The van der Waals surface area contributed by atoms with E-state index < -0.39 is 8.07 Å². The molecule has 11 rings (SSSR count). The lowest BCUT2D eigenvalue weighted by molar-refractivity contribution is 0.669. The summed E-state index contributed by atoms with van der Waals surface area (Å²) in [5.74, 6) is 0. The Morgan fingerprint density at radius 2 is 0.845 bits per heavy atom. The van der Waals surface area contributed by atoms with Gasteiger partial charge in [-0.15, -0.1) is 11.3 Å². The Labute approximate surface area is 342 Å². The highest BCUT2D eigenvalue weighted by Crippen LogP contribution is 2.43. The fourth-order valence-electron chi connectivity index (χ4n) is 8.96. The van der Waals surface area contributed by atoms with E-state index >= 15 is 0 Å².